The summed E-state index contributed by atoms with van der Waals surface area (Å²) in [6.07, 6.45) is 13.5. The van der Waals surface area contributed by atoms with Crippen molar-refractivity contribution in [3.05, 3.63) is 88.7 Å². The number of thiazole rings is 1. The van der Waals surface area contributed by atoms with Crippen molar-refractivity contribution in [2.75, 3.05) is 0 Å². The summed E-state index contributed by atoms with van der Waals surface area (Å²) >= 11 is 1.47. The lowest BCUT2D eigenvalue weighted by Gasteiger charge is -2.07. The Kier molecular flexibility index (Phi) is 5.62. The number of carbonyl (C=O) groups is 1. The summed E-state index contributed by atoms with van der Waals surface area (Å²) in [7, 11) is 0. The Balaban J connectivity index is 1.48. The zero-order valence-corrected chi connectivity index (χ0v) is 16.0. The predicted molar refractivity (Wildman–Crippen MR) is 107 cm³/mol. The van der Waals surface area contributed by atoms with Gasteiger partial charge in [-0.05, 0) is 30.7 Å². The first-order chi connectivity index (χ1) is 14.2. The average Bonchev–Trinajstić information content (AvgIpc) is 3.33. The van der Waals surface area contributed by atoms with Crippen LogP contribution in [0.4, 0.5) is 4.53 Å². The maximum absolute atomic E-state index is 12.0. The van der Waals surface area contributed by atoms with E-state index in [2.05, 4.69) is 21.1 Å². The summed E-state index contributed by atoms with van der Waals surface area (Å²) in [6.45, 7) is 0.366. The lowest BCUT2D eigenvalue weighted by molar-refractivity contribution is -0.0788. The monoisotopic (exact) mass is 409 g/mol. The number of aromatic nitrogens is 3. The number of benzene rings is 1. The number of ether oxygens (including phenoxy) is 1. The smallest absolute Gasteiger partial charge is 0.382 e. The van der Waals surface area contributed by atoms with Crippen molar-refractivity contribution in [3.8, 4) is 17.0 Å². The van der Waals surface area contributed by atoms with Crippen molar-refractivity contribution in [2.24, 2.45) is 0 Å². The maximum atomic E-state index is 12.0. The standard InChI is InChI=1S/C21H16FN3O3S/c22-28-21(26)16-11-23-25(12-16)13-20-24-19(14-29-20)15-6-5-9-18(10-15)27-17-7-3-1-2-4-8-17/h1,3-12,14H,2,13H2. The third-order valence-corrected chi connectivity index (χ3v) is 4.94. The van der Waals surface area contributed by atoms with E-state index in [9.17, 15) is 9.32 Å². The third-order valence-electron chi connectivity index (χ3n) is 4.10. The lowest BCUT2D eigenvalue weighted by Crippen LogP contribution is -2.00. The predicted octanol–water partition coefficient (Wildman–Crippen LogP) is 4.88. The molecule has 4 rings (SSSR count). The van der Waals surface area contributed by atoms with Crippen LogP contribution in [0.1, 0.15) is 21.8 Å². The zero-order valence-electron chi connectivity index (χ0n) is 15.2. The van der Waals surface area contributed by atoms with Gasteiger partial charge in [-0.2, -0.15) is 5.10 Å². The summed E-state index contributed by atoms with van der Waals surface area (Å²) in [5.74, 6) is 0.433. The Hall–Kier alpha value is -3.52. The summed E-state index contributed by atoms with van der Waals surface area (Å²) in [5, 5.41) is 6.77. The highest BCUT2D eigenvalue weighted by Crippen LogP contribution is 2.27. The average molecular weight is 409 g/mol. The van der Waals surface area contributed by atoms with Crippen LogP contribution in [0.5, 0.6) is 5.75 Å². The Morgan fingerprint density at radius 1 is 1.31 bits per heavy atom. The molecule has 0 bridgehead atoms. The summed E-state index contributed by atoms with van der Waals surface area (Å²) in [4.78, 5) is 19.0. The molecule has 0 amide bonds. The highest BCUT2D eigenvalue weighted by molar-refractivity contribution is 7.09. The molecule has 0 atom stereocenters. The number of hydrogen-bond acceptors (Lipinski definition) is 6. The fourth-order valence-corrected chi connectivity index (χ4v) is 3.53. The van der Waals surface area contributed by atoms with Crippen LogP contribution < -0.4 is 4.74 Å². The molecule has 1 aliphatic rings. The molecule has 0 unspecified atom stereocenters. The van der Waals surface area contributed by atoms with Gasteiger partial charge in [0.15, 0.2) is 0 Å². The Morgan fingerprint density at radius 2 is 2.24 bits per heavy atom. The number of hydrogen-bond donors (Lipinski definition) is 0. The topological polar surface area (TPSA) is 66.2 Å². The highest BCUT2D eigenvalue weighted by atomic mass is 32.1. The fourth-order valence-electron chi connectivity index (χ4n) is 2.74. The number of carbonyl (C=O) groups excluding carboxylic acids is 1. The van der Waals surface area contributed by atoms with Gasteiger partial charge in [0.25, 0.3) is 0 Å². The molecule has 3 aromatic rings. The third kappa shape index (κ3) is 4.67. The van der Waals surface area contributed by atoms with Crippen molar-refractivity contribution in [2.45, 2.75) is 13.0 Å². The number of rotatable bonds is 6. The second kappa shape index (κ2) is 8.66. The van der Waals surface area contributed by atoms with Gasteiger partial charge >= 0.3 is 5.97 Å². The molecular formula is C21H16FN3O3S. The van der Waals surface area contributed by atoms with Gasteiger partial charge in [0.05, 0.1) is 18.4 Å². The van der Waals surface area contributed by atoms with Gasteiger partial charge in [-0.1, -0.05) is 30.4 Å². The van der Waals surface area contributed by atoms with Crippen LogP contribution in [0.15, 0.2) is 78.2 Å². The molecule has 1 aliphatic carbocycles. The van der Waals surface area contributed by atoms with Gasteiger partial charge in [-0.25, -0.2) is 14.7 Å². The van der Waals surface area contributed by atoms with Crippen LogP contribution in [0.25, 0.3) is 11.3 Å². The second-order valence-electron chi connectivity index (χ2n) is 6.18. The molecule has 29 heavy (non-hydrogen) atoms. The van der Waals surface area contributed by atoms with Crippen LogP contribution in [-0.2, 0) is 11.5 Å². The fraction of sp³-hybridized carbons (Fsp3) is 0.0952. The largest absolute Gasteiger partial charge is 0.457 e. The van der Waals surface area contributed by atoms with Crippen molar-refractivity contribution in [3.63, 3.8) is 0 Å². The van der Waals surface area contributed by atoms with E-state index in [-0.39, 0.29) is 5.56 Å². The summed E-state index contributed by atoms with van der Waals surface area (Å²) in [6, 6.07) is 7.72. The first-order valence-electron chi connectivity index (χ1n) is 8.83. The van der Waals surface area contributed by atoms with Crippen LogP contribution in [-0.4, -0.2) is 20.7 Å². The molecule has 0 aliphatic heterocycles. The Labute approximate surface area is 170 Å². The quantitative estimate of drug-likeness (QED) is 0.581. The number of halogens is 1. The SMILES string of the molecule is O=C(OF)c1cnn(Cc2nc(-c3cccc(OC4=CC=CCC=C4)c3)cs2)c1. The van der Waals surface area contributed by atoms with Crippen molar-refractivity contribution < 1.29 is 19.0 Å². The Bertz CT molecular complexity index is 1110. The molecule has 2 aromatic heterocycles. The molecular weight excluding hydrogens is 393 g/mol. The summed E-state index contributed by atoms with van der Waals surface area (Å²) in [5.41, 5.74) is 1.79. The van der Waals surface area contributed by atoms with Crippen LogP contribution in [0, 0.1) is 0 Å². The van der Waals surface area contributed by atoms with Crippen molar-refractivity contribution >= 4 is 17.3 Å². The molecule has 0 fully saturated rings. The number of nitrogens with zero attached hydrogens (tertiary/aromatic N) is 3. The molecule has 0 radical (unpaired) electrons. The maximum Gasteiger partial charge on any atom is 0.382 e. The van der Waals surface area contributed by atoms with Gasteiger partial charge in [-0.3, -0.25) is 4.68 Å². The molecule has 0 N–H and O–H groups in total. The minimum Gasteiger partial charge on any atom is -0.457 e. The van der Waals surface area contributed by atoms with E-state index in [1.165, 1.54) is 28.4 Å². The van der Waals surface area contributed by atoms with E-state index in [1.54, 1.807) is 0 Å². The van der Waals surface area contributed by atoms with Gasteiger partial charge < -0.3 is 4.74 Å². The Morgan fingerprint density at radius 3 is 3.14 bits per heavy atom. The first-order valence-corrected chi connectivity index (χ1v) is 9.70. The van der Waals surface area contributed by atoms with Gasteiger partial charge in [0.2, 0.25) is 0 Å². The van der Waals surface area contributed by atoms with Crippen LogP contribution >= 0.6 is 11.3 Å². The van der Waals surface area contributed by atoms with Crippen molar-refractivity contribution in [1.82, 2.24) is 14.8 Å². The van der Waals surface area contributed by atoms with Crippen LogP contribution in [0.2, 0.25) is 0 Å². The van der Waals surface area contributed by atoms with Gasteiger partial charge in [0.1, 0.15) is 22.1 Å². The second-order valence-corrected chi connectivity index (χ2v) is 7.13. The number of allylic oxidation sites excluding steroid dienone is 5. The molecule has 0 spiro atoms. The molecule has 8 heteroatoms. The molecule has 146 valence electrons. The minimum absolute atomic E-state index is 0.0471. The minimum atomic E-state index is -1.07. The molecule has 0 saturated heterocycles. The van der Waals surface area contributed by atoms with Gasteiger partial charge in [-0.15, -0.1) is 11.3 Å². The zero-order chi connectivity index (χ0) is 20.1. The van der Waals surface area contributed by atoms with E-state index in [0.717, 1.165) is 34.2 Å². The highest BCUT2D eigenvalue weighted by Gasteiger charge is 2.12. The van der Waals surface area contributed by atoms with Crippen molar-refractivity contribution in [1.29, 1.82) is 0 Å². The molecule has 6 nitrogen and oxygen atoms in total. The molecule has 0 saturated carbocycles. The van der Waals surface area contributed by atoms with E-state index in [1.807, 2.05) is 53.9 Å². The lowest BCUT2D eigenvalue weighted by atomic mass is 10.1. The van der Waals surface area contributed by atoms with Gasteiger partial charge in [0, 0.05) is 21.7 Å². The van der Waals surface area contributed by atoms with E-state index in [4.69, 9.17) is 4.74 Å². The summed E-state index contributed by atoms with van der Waals surface area (Å²) < 4.78 is 19.4. The van der Waals surface area contributed by atoms with E-state index in [0.29, 0.717) is 6.54 Å². The van der Waals surface area contributed by atoms with E-state index >= 15 is 0 Å². The molecule has 1 aromatic carbocycles. The molecule has 2 heterocycles. The van der Waals surface area contributed by atoms with E-state index < -0.39 is 5.97 Å². The van der Waals surface area contributed by atoms with Crippen LogP contribution in [0.3, 0.4) is 0 Å². The first kappa shape index (κ1) is 18.8. The normalized spacial score (nSPS) is 13.1.